The van der Waals surface area contributed by atoms with Crippen molar-refractivity contribution in [2.75, 3.05) is 0 Å². The number of non-ortho nitro benzene ring substituents is 1. The van der Waals surface area contributed by atoms with Gasteiger partial charge < -0.3 is 0 Å². The van der Waals surface area contributed by atoms with Crippen LogP contribution in [0.3, 0.4) is 0 Å². The predicted molar refractivity (Wildman–Crippen MR) is 89.1 cm³/mol. The second-order valence-corrected chi connectivity index (χ2v) is 5.12. The first-order valence-corrected chi connectivity index (χ1v) is 7.08. The second kappa shape index (κ2) is 6.29. The molecule has 1 heterocycles. The number of aromatic nitrogens is 3. The van der Waals surface area contributed by atoms with Crippen molar-refractivity contribution >= 4 is 11.9 Å². The molecule has 0 aliphatic rings. The third-order valence-corrected chi connectivity index (χ3v) is 3.39. The van der Waals surface area contributed by atoms with Crippen LogP contribution < -0.4 is 5.69 Å². The fourth-order valence-corrected chi connectivity index (χ4v) is 2.09. The van der Waals surface area contributed by atoms with Gasteiger partial charge in [-0.1, -0.05) is 29.8 Å². The molecule has 0 bridgehead atoms. The van der Waals surface area contributed by atoms with E-state index in [9.17, 15) is 14.9 Å². The molecule has 0 spiro atoms. The van der Waals surface area contributed by atoms with E-state index in [0.29, 0.717) is 11.4 Å². The zero-order valence-electron chi connectivity index (χ0n) is 12.7. The first kappa shape index (κ1) is 15.3. The third kappa shape index (κ3) is 3.12. The SMILES string of the molecule is Cc1ccc(-c2n[nH]c(=O)n2/N=C\c2ccc([N+](=O)[O-])cc2)cc1. The molecule has 3 rings (SSSR count). The summed E-state index contributed by atoms with van der Waals surface area (Å²) >= 11 is 0. The quantitative estimate of drug-likeness (QED) is 0.452. The summed E-state index contributed by atoms with van der Waals surface area (Å²) in [4.78, 5) is 22.1. The standard InChI is InChI=1S/C16H13N5O3/c1-11-2-6-13(7-3-11)15-18-19-16(22)20(15)17-10-12-4-8-14(9-5-12)21(23)24/h2-10H,1H3,(H,19,22)/b17-10-. The topological polar surface area (TPSA) is 106 Å². The Hall–Kier alpha value is -3.55. The minimum absolute atomic E-state index is 0.00651. The maximum absolute atomic E-state index is 11.9. The lowest BCUT2D eigenvalue weighted by Crippen LogP contribution is -2.13. The molecule has 0 saturated heterocycles. The van der Waals surface area contributed by atoms with Crippen LogP contribution in [0.4, 0.5) is 5.69 Å². The van der Waals surface area contributed by atoms with Crippen molar-refractivity contribution in [2.24, 2.45) is 5.10 Å². The zero-order chi connectivity index (χ0) is 17.1. The van der Waals surface area contributed by atoms with Gasteiger partial charge in [0.2, 0.25) is 0 Å². The Morgan fingerprint density at radius 1 is 1.17 bits per heavy atom. The number of benzene rings is 2. The van der Waals surface area contributed by atoms with Crippen molar-refractivity contribution in [1.29, 1.82) is 0 Å². The molecule has 1 N–H and O–H groups in total. The molecule has 120 valence electrons. The van der Waals surface area contributed by atoms with Gasteiger partial charge in [-0.2, -0.15) is 14.9 Å². The summed E-state index contributed by atoms with van der Waals surface area (Å²) < 4.78 is 1.14. The molecule has 0 atom stereocenters. The molecular formula is C16H13N5O3. The Labute approximate surface area is 136 Å². The molecule has 0 saturated carbocycles. The minimum Gasteiger partial charge on any atom is -0.258 e. The van der Waals surface area contributed by atoms with Gasteiger partial charge in [0.1, 0.15) is 0 Å². The third-order valence-electron chi connectivity index (χ3n) is 3.39. The number of aryl methyl sites for hydroxylation is 1. The van der Waals surface area contributed by atoms with Gasteiger partial charge in [0.15, 0.2) is 5.82 Å². The molecule has 2 aromatic carbocycles. The normalized spacial score (nSPS) is 11.0. The number of hydrogen-bond acceptors (Lipinski definition) is 5. The summed E-state index contributed by atoms with van der Waals surface area (Å²) in [5.74, 6) is 0.387. The molecule has 0 unspecified atom stereocenters. The number of nitrogens with one attached hydrogen (secondary N) is 1. The van der Waals surface area contributed by atoms with E-state index >= 15 is 0 Å². The number of nitro groups is 1. The highest BCUT2D eigenvalue weighted by Crippen LogP contribution is 2.16. The Morgan fingerprint density at radius 3 is 2.46 bits per heavy atom. The summed E-state index contributed by atoms with van der Waals surface area (Å²) in [5, 5.41) is 21.1. The van der Waals surface area contributed by atoms with Crippen LogP contribution in [-0.4, -0.2) is 26.0 Å². The summed E-state index contributed by atoms with van der Waals surface area (Å²) in [6.45, 7) is 1.97. The maximum atomic E-state index is 11.9. The molecule has 0 aliphatic heterocycles. The minimum atomic E-state index is -0.475. The summed E-state index contributed by atoms with van der Waals surface area (Å²) in [7, 11) is 0. The zero-order valence-corrected chi connectivity index (χ0v) is 12.7. The van der Waals surface area contributed by atoms with Gasteiger partial charge in [0, 0.05) is 17.7 Å². The molecule has 24 heavy (non-hydrogen) atoms. The number of nitro benzene ring substituents is 1. The summed E-state index contributed by atoms with van der Waals surface area (Å²) in [6.07, 6.45) is 1.44. The van der Waals surface area contributed by atoms with Gasteiger partial charge in [-0.05, 0) is 24.6 Å². The van der Waals surface area contributed by atoms with Gasteiger partial charge in [-0.3, -0.25) is 10.1 Å². The summed E-state index contributed by atoms with van der Waals surface area (Å²) in [5.41, 5.74) is 2.00. The molecule has 0 fully saturated rings. The molecule has 0 amide bonds. The van der Waals surface area contributed by atoms with Crippen molar-refractivity contribution in [3.63, 3.8) is 0 Å². The van der Waals surface area contributed by atoms with Crippen molar-refractivity contribution in [2.45, 2.75) is 6.92 Å². The molecule has 3 aromatic rings. The number of rotatable bonds is 4. The van der Waals surface area contributed by atoms with Crippen LogP contribution in [0, 0.1) is 17.0 Å². The number of H-pyrrole nitrogens is 1. The molecule has 8 nitrogen and oxygen atoms in total. The van der Waals surface area contributed by atoms with E-state index in [1.807, 2.05) is 31.2 Å². The van der Waals surface area contributed by atoms with E-state index in [4.69, 9.17) is 0 Å². The fraction of sp³-hybridized carbons (Fsp3) is 0.0625. The van der Waals surface area contributed by atoms with E-state index in [2.05, 4.69) is 15.3 Å². The van der Waals surface area contributed by atoms with Crippen LogP contribution in [0.15, 0.2) is 58.4 Å². The molecule has 0 radical (unpaired) electrons. The highest BCUT2D eigenvalue weighted by atomic mass is 16.6. The Kier molecular flexibility index (Phi) is 4.02. The van der Waals surface area contributed by atoms with E-state index in [-0.39, 0.29) is 5.69 Å². The van der Waals surface area contributed by atoms with Gasteiger partial charge in [0.05, 0.1) is 11.1 Å². The lowest BCUT2D eigenvalue weighted by molar-refractivity contribution is -0.384. The van der Waals surface area contributed by atoms with Crippen molar-refractivity contribution in [3.05, 3.63) is 80.3 Å². The number of hydrogen-bond donors (Lipinski definition) is 1. The maximum Gasteiger partial charge on any atom is 0.364 e. The van der Waals surface area contributed by atoms with Crippen LogP contribution in [0.2, 0.25) is 0 Å². The van der Waals surface area contributed by atoms with Crippen LogP contribution in [0.25, 0.3) is 11.4 Å². The highest BCUT2D eigenvalue weighted by molar-refractivity contribution is 5.80. The van der Waals surface area contributed by atoms with Gasteiger partial charge in [0.25, 0.3) is 5.69 Å². The fourth-order valence-electron chi connectivity index (χ4n) is 2.09. The first-order chi connectivity index (χ1) is 11.5. The van der Waals surface area contributed by atoms with E-state index < -0.39 is 10.6 Å². The Bertz CT molecular complexity index is 953. The van der Waals surface area contributed by atoms with Crippen LogP contribution in [-0.2, 0) is 0 Å². The largest absolute Gasteiger partial charge is 0.364 e. The van der Waals surface area contributed by atoms with Crippen LogP contribution in [0.1, 0.15) is 11.1 Å². The monoisotopic (exact) mass is 323 g/mol. The molecular weight excluding hydrogens is 310 g/mol. The van der Waals surface area contributed by atoms with Gasteiger partial charge in [-0.25, -0.2) is 9.89 Å². The number of aromatic amines is 1. The smallest absolute Gasteiger partial charge is 0.258 e. The second-order valence-electron chi connectivity index (χ2n) is 5.12. The van der Waals surface area contributed by atoms with E-state index in [1.54, 1.807) is 12.1 Å². The highest BCUT2D eigenvalue weighted by Gasteiger charge is 2.09. The number of nitrogens with zero attached hydrogens (tertiary/aromatic N) is 4. The lowest BCUT2D eigenvalue weighted by atomic mass is 10.1. The van der Waals surface area contributed by atoms with E-state index in [0.717, 1.165) is 15.8 Å². The predicted octanol–water partition coefficient (Wildman–Crippen LogP) is 2.34. The van der Waals surface area contributed by atoms with Crippen LogP contribution in [0.5, 0.6) is 0 Å². The summed E-state index contributed by atoms with van der Waals surface area (Å²) in [6, 6.07) is 13.4. The average Bonchev–Trinajstić information content (AvgIpc) is 2.95. The molecule has 8 heteroatoms. The Morgan fingerprint density at radius 2 is 1.83 bits per heavy atom. The lowest BCUT2D eigenvalue weighted by Gasteiger charge is -2.00. The average molecular weight is 323 g/mol. The van der Waals surface area contributed by atoms with Gasteiger partial charge in [-0.15, -0.1) is 0 Å². The van der Waals surface area contributed by atoms with Crippen molar-refractivity contribution in [1.82, 2.24) is 14.9 Å². The van der Waals surface area contributed by atoms with Crippen LogP contribution >= 0.6 is 0 Å². The molecule has 1 aromatic heterocycles. The molecule has 0 aliphatic carbocycles. The van der Waals surface area contributed by atoms with E-state index in [1.165, 1.54) is 18.3 Å². The van der Waals surface area contributed by atoms with Crippen molar-refractivity contribution < 1.29 is 4.92 Å². The Balaban J connectivity index is 1.92. The van der Waals surface area contributed by atoms with Gasteiger partial charge >= 0.3 is 5.69 Å². The first-order valence-electron chi connectivity index (χ1n) is 7.08. The van der Waals surface area contributed by atoms with Crippen molar-refractivity contribution in [3.8, 4) is 11.4 Å².